The number of thioether (sulfide) groups is 1. The Morgan fingerprint density at radius 3 is 2.04 bits per heavy atom. The largest absolute Gasteiger partial charge is 0.480 e. The van der Waals surface area contributed by atoms with Crippen LogP contribution in [0.2, 0.25) is 4.34 Å². The normalized spacial score (nSPS) is 21.4. The highest BCUT2D eigenvalue weighted by Crippen LogP contribution is 2.42. The molecule has 0 aliphatic carbocycles. The first-order valence-electron chi connectivity index (χ1n) is 13.7. The van der Waals surface area contributed by atoms with Crippen LogP contribution in [0.25, 0.3) is 0 Å². The summed E-state index contributed by atoms with van der Waals surface area (Å²) < 4.78 is -1.27. The monoisotopic (exact) mass is 679 g/mol. The molecule has 2 aliphatic heterocycles. The van der Waals surface area contributed by atoms with Crippen molar-refractivity contribution < 1.29 is 24.3 Å². The van der Waals surface area contributed by atoms with Crippen LogP contribution in [0, 0.1) is 0 Å². The molecule has 14 heteroatoms. The fourth-order valence-corrected chi connectivity index (χ4v) is 8.05. The Hall–Kier alpha value is -4.04. The van der Waals surface area contributed by atoms with E-state index in [1.165, 1.54) is 16.7 Å². The molecule has 2 amide bonds. The number of carbonyl (C=O) groups excluding carboxylic acids is 2. The number of thiazole rings is 1. The van der Waals surface area contributed by atoms with Gasteiger partial charge >= 0.3 is 5.97 Å². The molecule has 3 aromatic carbocycles. The second kappa shape index (κ2) is 12.4. The summed E-state index contributed by atoms with van der Waals surface area (Å²) in [4.78, 5) is 50.9. The summed E-state index contributed by atoms with van der Waals surface area (Å²) in [5, 5.41) is 16.4. The quantitative estimate of drug-likeness (QED) is 0.0676. The first-order chi connectivity index (χ1) is 21.6. The summed E-state index contributed by atoms with van der Waals surface area (Å²) in [7, 11) is 0. The van der Waals surface area contributed by atoms with Crippen LogP contribution in [0.15, 0.2) is 96.2 Å². The number of carboxylic acids is 1. The number of nitrogens with two attached hydrogens (primary N) is 1. The molecule has 3 heterocycles. The lowest BCUT2D eigenvalue weighted by molar-refractivity contribution is -0.151. The van der Waals surface area contributed by atoms with E-state index in [4.69, 9.17) is 22.2 Å². The van der Waals surface area contributed by atoms with Gasteiger partial charge in [-0.1, -0.05) is 119 Å². The Labute approximate surface area is 277 Å². The summed E-state index contributed by atoms with van der Waals surface area (Å²) in [5.74, 6) is -2.15. The zero-order chi connectivity index (χ0) is 31.8. The van der Waals surface area contributed by atoms with E-state index < -0.39 is 39.5 Å². The van der Waals surface area contributed by atoms with Crippen molar-refractivity contribution in [1.82, 2.24) is 15.2 Å². The average Bonchev–Trinajstić information content (AvgIpc) is 3.40. The molecule has 0 radical (unpaired) electrons. The number of anilines is 1. The molecule has 0 bridgehead atoms. The van der Waals surface area contributed by atoms with Crippen LogP contribution in [-0.2, 0) is 24.8 Å². The lowest BCUT2D eigenvalue weighted by Crippen LogP contribution is -2.74. The van der Waals surface area contributed by atoms with Crippen LogP contribution in [0.1, 0.15) is 22.4 Å². The van der Waals surface area contributed by atoms with E-state index in [2.05, 4.69) is 28.1 Å². The van der Waals surface area contributed by atoms with Gasteiger partial charge in [-0.2, -0.15) is 12.6 Å². The maximum absolute atomic E-state index is 13.9. The Bertz CT molecular complexity index is 1680. The van der Waals surface area contributed by atoms with Crippen molar-refractivity contribution in [3.8, 4) is 0 Å². The Balaban J connectivity index is 1.40. The highest BCUT2D eigenvalue weighted by atomic mass is 35.5. The van der Waals surface area contributed by atoms with Crippen molar-refractivity contribution in [1.29, 1.82) is 0 Å². The number of halogens is 1. The van der Waals surface area contributed by atoms with Crippen molar-refractivity contribution in [2.24, 2.45) is 5.16 Å². The fraction of sp³-hybridized carbons (Fsp3) is 0.194. The Morgan fingerprint density at radius 2 is 1.58 bits per heavy atom. The SMILES string of the molecule is Nc1nc(C(=NOC(c2ccccc2)(c2ccccc2)c2ccccc2)C(=O)N[C@@H]2C(=O)N3CC(S)(C(=O)O)CS[C@H]23)c(Cl)s1. The van der Waals surface area contributed by atoms with Crippen LogP contribution < -0.4 is 11.1 Å². The van der Waals surface area contributed by atoms with Gasteiger partial charge in [-0.3, -0.25) is 14.4 Å². The molecule has 3 atom stereocenters. The minimum atomic E-state index is -1.38. The molecule has 45 heavy (non-hydrogen) atoms. The molecule has 2 fully saturated rings. The first kappa shape index (κ1) is 31.0. The second-order valence-corrected chi connectivity index (χ2v) is 14.0. The van der Waals surface area contributed by atoms with Gasteiger partial charge in [-0.15, -0.1) is 11.8 Å². The number of hydrogen-bond acceptors (Lipinski definition) is 10. The van der Waals surface area contributed by atoms with Crippen LogP contribution in [0.5, 0.6) is 0 Å². The number of rotatable bonds is 9. The number of thiol groups is 1. The molecule has 2 aliphatic rings. The standard InChI is InChI=1S/C31H26ClN5O5S3/c32-24-21(35-29(33)45-24)22(25(38)34-23-26(39)37-16-30(43,28(40)41)17-44-27(23)37)36-42-31(18-10-4-1-5-11-18,19-12-6-2-7-13-19)20-14-8-3-9-15-20/h1-15,23,27,43H,16-17H2,(H2,33,35)(H,34,38)(H,40,41)/t23-,27-,30?/m1/s1. The molecular weight excluding hydrogens is 654 g/mol. The van der Waals surface area contributed by atoms with Crippen LogP contribution in [-0.4, -0.2) is 66.9 Å². The van der Waals surface area contributed by atoms with E-state index in [1.807, 2.05) is 91.0 Å². The number of aromatic nitrogens is 1. The third kappa shape index (κ3) is 5.65. The van der Waals surface area contributed by atoms with Gasteiger partial charge in [0, 0.05) is 29.0 Å². The van der Waals surface area contributed by atoms with Crippen molar-refractivity contribution in [2.45, 2.75) is 21.8 Å². The summed E-state index contributed by atoms with van der Waals surface area (Å²) in [6.07, 6.45) is 0. The summed E-state index contributed by atoms with van der Waals surface area (Å²) in [6, 6.07) is 27.5. The van der Waals surface area contributed by atoms with Gasteiger partial charge in [0.2, 0.25) is 11.5 Å². The van der Waals surface area contributed by atoms with Crippen LogP contribution in [0.4, 0.5) is 5.13 Å². The number of β-lactam (4-membered cyclic amide) rings is 1. The molecule has 0 spiro atoms. The third-order valence-corrected chi connectivity index (χ3v) is 10.9. The number of oxime groups is 1. The molecule has 4 aromatic rings. The summed E-state index contributed by atoms with van der Waals surface area (Å²) >= 11 is 13.0. The number of nitrogen functional groups attached to an aromatic ring is 1. The van der Waals surface area contributed by atoms with Crippen LogP contribution >= 0.6 is 47.3 Å². The topological polar surface area (TPSA) is 147 Å². The summed E-state index contributed by atoms with van der Waals surface area (Å²) in [6.45, 7) is -0.0828. The van der Waals surface area contributed by atoms with E-state index in [0.29, 0.717) is 0 Å². The van der Waals surface area contributed by atoms with E-state index in [-0.39, 0.29) is 33.2 Å². The molecule has 6 rings (SSSR count). The Morgan fingerprint density at radius 1 is 1.04 bits per heavy atom. The van der Waals surface area contributed by atoms with Gasteiger partial charge in [-0.05, 0) is 0 Å². The van der Waals surface area contributed by atoms with Crippen molar-refractivity contribution in [3.63, 3.8) is 0 Å². The van der Waals surface area contributed by atoms with Gasteiger partial charge in [0.1, 0.15) is 26.2 Å². The van der Waals surface area contributed by atoms with E-state index in [1.54, 1.807) is 0 Å². The predicted octanol–water partition coefficient (Wildman–Crippen LogP) is 4.24. The number of carbonyl (C=O) groups is 3. The van der Waals surface area contributed by atoms with Gasteiger partial charge in [0.25, 0.3) is 5.91 Å². The van der Waals surface area contributed by atoms with Gasteiger partial charge in [0.05, 0.1) is 0 Å². The fourth-order valence-electron chi connectivity index (χ4n) is 5.35. The highest BCUT2D eigenvalue weighted by Gasteiger charge is 2.56. The molecule has 1 aromatic heterocycles. The number of aliphatic carboxylic acids is 1. The number of carboxylic acid groups (broad SMARTS) is 1. The van der Waals surface area contributed by atoms with Crippen molar-refractivity contribution in [3.05, 3.63) is 118 Å². The lowest BCUT2D eigenvalue weighted by atomic mass is 9.80. The minimum absolute atomic E-state index is 0.0000650. The maximum atomic E-state index is 13.9. The molecule has 0 saturated carbocycles. The van der Waals surface area contributed by atoms with E-state index >= 15 is 0 Å². The van der Waals surface area contributed by atoms with Gasteiger partial charge in [0.15, 0.2) is 10.8 Å². The lowest BCUT2D eigenvalue weighted by Gasteiger charge is -2.52. The summed E-state index contributed by atoms with van der Waals surface area (Å²) in [5.41, 5.74) is 6.59. The Kier molecular flexibility index (Phi) is 8.53. The highest BCUT2D eigenvalue weighted by molar-refractivity contribution is 8.01. The third-order valence-electron chi connectivity index (χ3n) is 7.61. The molecule has 1 unspecified atom stereocenters. The molecule has 4 N–H and O–H groups in total. The first-order valence-corrected chi connectivity index (χ1v) is 16.4. The molecule has 2 saturated heterocycles. The van der Waals surface area contributed by atoms with Crippen molar-refractivity contribution >= 4 is 76.0 Å². The smallest absolute Gasteiger partial charge is 0.322 e. The maximum Gasteiger partial charge on any atom is 0.322 e. The van der Waals surface area contributed by atoms with Gasteiger partial charge < -0.3 is 25.9 Å². The average molecular weight is 680 g/mol. The predicted molar refractivity (Wildman–Crippen MR) is 178 cm³/mol. The van der Waals surface area contributed by atoms with Crippen LogP contribution in [0.3, 0.4) is 0 Å². The minimum Gasteiger partial charge on any atom is -0.480 e. The number of benzene rings is 3. The number of amides is 2. The number of nitrogens with zero attached hydrogens (tertiary/aromatic N) is 3. The van der Waals surface area contributed by atoms with Crippen molar-refractivity contribution in [2.75, 3.05) is 18.0 Å². The number of nitrogens with one attached hydrogen (secondary N) is 1. The molecule has 10 nitrogen and oxygen atoms in total. The number of hydrogen-bond donors (Lipinski definition) is 4. The second-order valence-electron chi connectivity index (χ2n) is 10.4. The van der Waals surface area contributed by atoms with E-state index in [0.717, 1.165) is 28.0 Å². The zero-order valence-corrected chi connectivity index (χ0v) is 26.7. The molecule has 230 valence electrons. The van der Waals surface area contributed by atoms with E-state index in [9.17, 15) is 19.5 Å². The molecular formula is C31H26ClN5O5S3. The van der Waals surface area contributed by atoms with Gasteiger partial charge in [-0.25, -0.2) is 4.98 Å². The number of fused-ring (bicyclic) bond motifs is 1. The zero-order valence-electron chi connectivity index (χ0n) is 23.4.